The van der Waals surface area contributed by atoms with E-state index in [2.05, 4.69) is 38.0 Å². The van der Waals surface area contributed by atoms with Gasteiger partial charge in [0.05, 0.1) is 0 Å². The second kappa shape index (κ2) is 6.82. The Balaban J connectivity index is 3.36. The Morgan fingerprint density at radius 3 is 2.27 bits per heavy atom. The maximum atomic E-state index is 3.60. The van der Waals surface area contributed by atoms with Gasteiger partial charge in [0, 0.05) is 6.67 Å². The maximum absolute atomic E-state index is 3.60. The molecule has 0 bridgehead atoms. The second-order valence-corrected chi connectivity index (χ2v) is 7.01. The van der Waals surface area contributed by atoms with Crippen LogP contribution in [0.2, 0.25) is 11.6 Å². The molecule has 0 aromatic rings. The van der Waals surface area contributed by atoms with Gasteiger partial charge in [0.25, 0.3) is 0 Å². The normalized spacial score (nSPS) is 13.9. The Labute approximate surface area is 72.5 Å². The van der Waals surface area contributed by atoms with Crippen LogP contribution in [0.25, 0.3) is 0 Å². The molecule has 1 atom stereocenters. The highest BCUT2D eigenvalue weighted by atomic mass is 28.3. The predicted molar refractivity (Wildman–Crippen MR) is 54.4 cm³/mol. The van der Waals surface area contributed by atoms with E-state index in [-0.39, 0.29) is 0 Å². The van der Waals surface area contributed by atoms with E-state index in [9.17, 15) is 0 Å². The predicted octanol–water partition coefficient (Wildman–Crippen LogP) is 1.30. The molecule has 0 aliphatic heterocycles. The van der Waals surface area contributed by atoms with Crippen molar-refractivity contribution in [3.63, 3.8) is 0 Å². The summed E-state index contributed by atoms with van der Waals surface area (Å²) >= 11 is 0. The number of rotatable bonds is 6. The number of hydrogen-bond donors (Lipinski definition) is 2. The zero-order chi connectivity index (χ0) is 8.69. The Bertz CT molecular complexity index is 86.2. The molecule has 0 aromatic heterocycles. The molecule has 0 aliphatic carbocycles. The summed E-state index contributed by atoms with van der Waals surface area (Å²) in [6, 6.07) is 1.35. The van der Waals surface area contributed by atoms with Crippen molar-refractivity contribution in [2.45, 2.75) is 39.3 Å². The van der Waals surface area contributed by atoms with E-state index in [1.807, 2.05) is 0 Å². The van der Waals surface area contributed by atoms with Gasteiger partial charge in [-0.05, 0) is 18.1 Å². The summed E-state index contributed by atoms with van der Waals surface area (Å²) in [7, 11) is -0.630. The third kappa shape index (κ3) is 5.41. The van der Waals surface area contributed by atoms with Gasteiger partial charge in [-0.15, -0.1) is 0 Å². The topological polar surface area (TPSA) is 24.1 Å². The largest absolute Gasteiger partial charge is 0.328 e. The quantitative estimate of drug-likeness (QED) is 0.360. The van der Waals surface area contributed by atoms with Crippen LogP contribution in [0.3, 0.4) is 0 Å². The van der Waals surface area contributed by atoms with Gasteiger partial charge in [0.1, 0.15) is 8.96 Å². The fourth-order valence-corrected chi connectivity index (χ4v) is 3.29. The minimum atomic E-state index is -0.630. The van der Waals surface area contributed by atoms with Crippen molar-refractivity contribution in [2.24, 2.45) is 0 Å². The van der Waals surface area contributed by atoms with E-state index in [0.29, 0.717) is 0 Å². The molecule has 2 nitrogen and oxygen atoms in total. The Morgan fingerprint density at radius 2 is 1.91 bits per heavy atom. The minimum absolute atomic E-state index is 0.630. The lowest BCUT2D eigenvalue weighted by atomic mass is 10.6. The average molecular weight is 174 g/mol. The van der Waals surface area contributed by atoms with Crippen molar-refractivity contribution >= 4 is 8.96 Å². The molecule has 68 valence electrons. The van der Waals surface area contributed by atoms with Crippen LogP contribution in [0.1, 0.15) is 27.7 Å². The third-order valence-corrected chi connectivity index (χ3v) is 5.20. The van der Waals surface area contributed by atoms with E-state index in [0.717, 1.165) is 18.8 Å². The van der Waals surface area contributed by atoms with Crippen LogP contribution in [0, 0.1) is 0 Å². The summed E-state index contributed by atoms with van der Waals surface area (Å²) in [6.07, 6.45) is 0. The lowest BCUT2D eigenvalue weighted by Gasteiger charge is -2.18. The highest BCUT2D eigenvalue weighted by Crippen LogP contribution is 2.07. The van der Waals surface area contributed by atoms with E-state index in [1.54, 1.807) is 0 Å². The molecule has 0 aromatic carbocycles. The van der Waals surface area contributed by atoms with Gasteiger partial charge in [-0.2, -0.15) is 0 Å². The molecule has 0 amide bonds. The molecule has 0 aliphatic rings. The van der Waals surface area contributed by atoms with Crippen molar-refractivity contribution in [2.75, 3.05) is 13.2 Å². The van der Waals surface area contributed by atoms with Crippen molar-refractivity contribution in [1.82, 2.24) is 10.3 Å². The first-order chi connectivity index (χ1) is 5.22. The van der Waals surface area contributed by atoms with E-state index in [4.69, 9.17) is 0 Å². The molecule has 0 spiro atoms. The highest BCUT2D eigenvalue weighted by Gasteiger charge is 2.10. The maximum Gasteiger partial charge on any atom is 0.112 e. The standard InChI is InChI=1S/C8H22N2Si/c1-5-9-7-10-11(6-2)8(3)4/h8-11H,5-7H2,1-4H3. The van der Waals surface area contributed by atoms with Gasteiger partial charge < -0.3 is 10.3 Å². The van der Waals surface area contributed by atoms with E-state index < -0.39 is 8.96 Å². The molecule has 0 saturated carbocycles. The summed E-state index contributed by atoms with van der Waals surface area (Å²) in [6.45, 7) is 11.1. The fraction of sp³-hybridized carbons (Fsp3) is 1.00. The van der Waals surface area contributed by atoms with Crippen LogP contribution in [-0.4, -0.2) is 22.2 Å². The van der Waals surface area contributed by atoms with Crippen molar-refractivity contribution in [1.29, 1.82) is 0 Å². The van der Waals surface area contributed by atoms with Crippen LogP contribution in [0.15, 0.2) is 0 Å². The Hall–Kier alpha value is 0.137. The van der Waals surface area contributed by atoms with Crippen LogP contribution in [0.5, 0.6) is 0 Å². The van der Waals surface area contributed by atoms with Gasteiger partial charge in [-0.25, -0.2) is 0 Å². The first-order valence-electron chi connectivity index (χ1n) is 4.66. The van der Waals surface area contributed by atoms with Gasteiger partial charge in [0.15, 0.2) is 0 Å². The van der Waals surface area contributed by atoms with Crippen LogP contribution in [-0.2, 0) is 0 Å². The zero-order valence-electron chi connectivity index (χ0n) is 8.28. The second-order valence-electron chi connectivity index (χ2n) is 3.24. The van der Waals surface area contributed by atoms with E-state index >= 15 is 0 Å². The molecule has 0 rings (SSSR count). The monoisotopic (exact) mass is 174 g/mol. The van der Waals surface area contributed by atoms with Crippen molar-refractivity contribution in [3.8, 4) is 0 Å². The molecule has 3 heteroatoms. The van der Waals surface area contributed by atoms with Crippen LogP contribution >= 0.6 is 0 Å². The highest BCUT2D eigenvalue weighted by molar-refractivity contribution is 6.57. The fourth-order valence-electron chi connectivity index (χ4n) is 1.18. The van der Waals surface area contributed by atoms with Crippen molar-refractivity contribution < 1.29 is 0 Å². The van der Waals surface area contributed by atoms with Gasteiger partial charge in [-0.1, -0.05) is 27.7 Å². The molecule has 2 N–H and O–H groups in total. The SMILES string of the molecule is CCNCN[SiH](CC)C(C)C. The first kappa shape index (κ1) is 11.1. The average Bonchev–Trinajstić information content (AvgIpc) is 1.97. The lowest BCUT2D eigenvalue weighted by Crippen LogP contribution is -2.41. The molecular weight excluding hydrogens is 152 g/mol. The molecule has 1 unspecified atom stereocenters. The third-order valence-electron chi connectivity index (χ3n) is 1.98. The summed E-state index contributed by atoms with van der Waals surface area (Å²) in [4.78, 5) is 3.60. The summed E-state index contributed by atoms with van der Waals surface area (Å²) < 4.78 is 0. The van der Waals surface area contributed by atoms with Gasteiger partial charge >= 0.3 is 0 Å². The molecule has 0 heterocycles. The molecule has 11 heavy (non-hydrogen) atoms. The number of hydrogen-bond acceptors (Lipinski definition) is 2. The van der Waals surface area contributed by atoms with Crippen LogP contribution < -0.4 is 10.3 Å². The molecular formula is C8H22N2Si. The molecule has 0 saturated heterocycles. The van der Waals surface area contributed by atoms with Gasteiger partial charge in [0.2, 0.25) is 0 Å². The Kier molecular flexibility index (Phi) is 6.91. The van der Waals surface area contributed by atoms with Crippen molar-refractivity contribution in [3.05, 3.63) is 0 Å². The summed E-state index contributed by atoms with van der Waals surface area (Å²) in [5.41, 5.74) is 0.874. The smallest absolute Gasteiger partial charge is 0.112 e. The first-order valence-corrected chi connectivity index (χ1v) is 6.72. The lowest BCUT2D eigenvalue weighted by molar-refractivity contribution is 0.690. The summed E-state index contributed by atoms with van der Waals surface area (Å²) in [5, 5.41) is 3.29. The van der Waals surface area contributed by atoms with E-state index in [1.165, 1.54) is 6.04 Å². The zero-order valence-corrected chi connectivity index (χ0v) is 9.43. The minimum Gasteiger partial charge on any atom is -0.328 e. The Morgan fingerprint density at radius 1 is 1.27 bits per heavy atom. The number of nitrogens with one attached hydrogen (secondary N) is 2. The van der Waals surface area contributed by atoms with Gasteiger partial charge in [-0.3, -0.25) is 0 Å². The van der Waals surface area contributed by atoms with Crippen LogP contribution in [0.4, 0.5) is 0 Å². The molecule has 0 radical (unpaired) electrons. The summed E-state index contributed by atoms with van der Waals surface area (Å²) in [5.74, 6) is 0. The molecule has 0 fully saturated rings.